The summed E-state index contributed by atoms with van der Waals surface area (Å²) < 4.78 is 0. The van der Waals surface area contributed by atoms with Gasteiger partial charge in [0.2, 0.25) is 0 Å². The molecule has 0 spiro atoms. The molecule has 1 saturated carbocycles. The molecule has 0 unspecified atom stereocenters. The van der Waals surface area contributed by atoms with Crippen LogP contribution < -0.4 is 0 Å². The third-order valence-corrected chi connectivity index (χ3v) is 5.35. The third-order valence-electron chi connectivity index (χ3n) is 4.61. The normalized spacial score (nSPS) is 15.9. The van der Waals surface area contributed by atoms with Gasteiger partial charge in [0.1, 0.15) is 5.69 Å². The average molecular weight is 314 g/mol. The van der Waals surface area contributed by atoms with Crippen LogP contribution in [0.4, 0.5) is 0 Å². The summed E-state index contributed by atoms with van der Waals surface area (Å²) in [5, 5.41) is 7.30. The standard InChI is InChI=1S/C18H22N2OS/c1-22-15-9-7-14(8-10-15)18-16(17(12-21)19-20-18)11-13-5-3-2-4-6-13/h7-10,12-13H,2-6,11H2,1H3,(H,19,20). The second-order valence-electron chi connectivity index (χ2n) is 6.02. The summed E-state index contributed by atoms with van der Waals surface area (Å²) in [6, 6.07) is 8.45. The van der Waals surface area contributed by atoms with Crippen molar-refractivity contribution in [3.63, 3.8) is 0 Å². The molecule has 1 aliphatic rings. The van der Waals surface area contributed by atoms with Crippen molar-refractivity contribution in [1.29, 1.82) is 0 Å². The number of thioether (sulfide) groups is 1. The highest BCUT2D eigenvalue weighted by Crippen LogP contribution is 2.32. The Balaban J connectivity index is 1.89. The van der Waals surface area contributed by atoms with Gasteiger partial charge in [-0.1, -0.05) is 44.2 Å². The zero-order valence-electron chi connectivity index (χ0n) is 13.0. The molecule has 0 radical (unpaired) electrons. The zero-order chi connectivity index (χ0) is 15.4. The topological polar surface area (TPSA) is 45.8 Å². The molecule has 0 atom stereocenters. The number of hydrogen-bond acceptors (Lipinski definition) is 3. The van der Waals surface area contributed by atoms with Crippen molar-refractivity contribution in [3.8, 4) is 11.3 Å². The van der Waals surface area contributed by atoms with E-state index in [4.69, 9.17) is 0 Å². The maximum absolute atomic E-state index is 11.3. The van der Waals surface area contributed by atoms with Gasteiger partial charge in [-0.3, -0.25) is 9.89 Å². The van der Waals surface area contributed by atoms with E-state index in [1.165, 1.54) is 37.0 Å². The van der Waals surface area contributed by atoms with Crippen LogP contribution in [0.5, 0.6) is 0 Å². The number of hydrogen-bond donors (Lipinski definition) is 1. The van der Waals surface area contributed by atoms with Crippen LogP contribution in [0, 0.1) is 5.92 Å². The molecular formula is C18H22N2OS. The lowest BCUT2D eigenvalue weighted by Crippen LogP contribution is -2.10. The molecule has 4 heteroatoms. The Hall–Kier alpha value is -1.55. The lowest BCUT2D eigenvalue weighted by Gasteiger charge is -2.21. The van der Waals surface area contributed by atoms with Gasteiger partial charge >= 0.3 is 0 Å². The number of benzene rings is 1. The van der Waals surface area contributed by atoms with E-state index in [0.29, 0.717) is 11.6 Å². The number of carbonyl (C=O) groups is 1. The largest absolute Gasteiger partial charge is 0.296 e. The van der Waals surface area contributed by atoms with Gasteiger partial charge in [0.15, 0.2) is 6.29 Å². The molecule has 0 amide bonds. The number of nitrogens with one attached hydrogen (secondary N) is 1. The summed E-state index contributed by atoms with van der Waals surface area (Å²) in [6.07, 6.45) is 10.4. The van der Waals surface area contributed by atoms with E-state index in [9.17, 15) is 4.79 Å². The monoisotopic (exact) mass is 314 g/mol. The van der Waals surface area contributed by atoms with Crippen molar-refractivity contribution in [2.75, 3.05) is 6.26 Å². The minimum atomic E-state index is 0.578. The minimum absolute atomic E-state index is 0.578. The van der Waals surface area contributed by atoms with Gasteiger partial charge in [0.05, 0.1) is 5.69 Å². The fourth-order valence-electron chi connectivity index (χ4n) is 3.36. The first-order valence-electron chi connectivity index (χ1n) is 7.98. The van der Waals surface area contributed by atoms with Crippen LogP contribution in [0.1, 0.15) is 48.2 Å². The fraction of sp³-hybridized carbons (Fsp3) is 0.444. The van der Waals surface area contributed by atoms with Crippen molar-refractivity contribution < 1.29 is 4.79 Å². The molecule has 1 N–H and O–H groups in total. The highest BCUT2D eigenvalue weighted by molar-refractivity contribution is 7.98. The molecule has 3 rings (SSSR count). The van der Waals surface area contributed by atoms with Crippen molar-refractivity contribution >= 4 is 18.0 Å². The Morgan fingerprint density at radius 2 is 1.95 bits per heavy atom. The van der Waals surface area contributed by atoms with Crippen molar-refractivity contribution in [2.24, 2.45) is 5.92 Å². The lowest BCUT2D eigenvalue weighted by atomic mass is 9.84. The van der Waals surface area contributed by atoms with Crippen LogP contribution in [0.25, 0.3) is 11.3 Å². The Bertz CT molecular complexity index is 627. The molecule has 116 valence electrons. The molecule has 1 heterocycles. The number of rotatable bonds is 5. The number of H-pyrrole nitrogens is 1. The molecule has 1 aromatic heterocycles. The predicted molar refractivity (Wildman–Crippen MR) is 91.5 cm³/mol. The van der Waals surface area contributed by atoms with Crippen LogP contribution in [-0.2, 0) is 6.42 Å². The Morgan fingerprint density at radius 3 is 2.59 bits per heavy atom. The number of aromatic nitrogens is 2. The second-order valence-corrected chi connectivity index (χ2v) is 6.90. The number of carbonyl (C=O) groups excluding carboxylic acids is 1. The lowest BCUT2D eigenvalue weighted by molar-refractivity contribution is 0.111. The first kappa shape index (κ1) is 15.3. The molecule has 3 nitrogen and oxygen atoms in total. The molecule has 0 bridgehead atoms. The fourth-order valence-corrected chi connectivity index (χ4v) is 3.77. The summed E-state index contributed by atoms with van der Waals surface area (Å²) in [4.78, 5) is 12.6. The van der Waals surface area contributed by atoms with E-state index >= 15 is 0 Å². The van der Waals surface area contributed by atoms with E-state index in [-0.39, 0.29) is 0 Å². The van der Waals surface area contributed by atoms with Crippen LogP contribution >= 0.6 is 11.8 Å². The Morgan fingerprint density at radius 1 is 1.23 bits per heavy atom. The molecule has 22 heavy (non-hydrogen) atoms. The predicted octanol–water partition coefficient (Wildman–Crippen LogP) is 4.73. The maximum atomic E-state index is 11.3. The number of nitrogens with zero attached hydrogens (tertiary/aromatic N) is 1. The summed E-state index contributed by atoms with van der Waals surface area (Å²) in [5.74, 6) is 0.689. The van der Waals surface area contributed by atoms with Gasteiger partial charge in [-0.2, -0.15) is 5.10 Å². The molecule has 1 aliphatic carbocycles. The summed E-state index contributed by atoms with van der Waals surface area (Å²) in [7, 11) is 0. The zero-order valence-corrected chi connectivity index (χ0v) is 13.8. The van der Waals surface area contributed by atoms with E-state index in [1.807, 2.05) is 0 Å². The van der Waals surface area contributed by atoms with E-state index in [1.54, 1.807) is 11.8 Å². The average Bonchev–Trinajstić information content (AvgIpc) is 2.98. The summed E-state index contributed by atoms with van der Waals surface area (Å²) >= 11 is 1.73. The third kappa shape index (κ3) is 3.27. The maximum Gasteiger partial charge on any atom is 0.170 e. The molecule has 0 saturated heterocycles. The van der Waals surface area contributed by atoms with Crippen molar-refractivity contribution in [1.82, 2.24) is 10.2 Å². The number of aldehydes is 1. The van der Waals surface area contributed by atoms with Crippen LogP contribution in [0.15, 0.2) is 29.2 Å². The van der Waals surface area contributed by atoms with Crippen molar-refractivity contribution in [2.45, 2.75) is 43.4 Å². The Kier molecular flexibility index (Phi) is 4.98. The summed E-state index contributed by atoms with van der Waals surface area (Å²) in [5.41, 5.74) is 3.80. The van der Waals surface area contributed by atoms with Gasteiger partial charge in [0.25, 0.3) is 0 Å². The molecule has 1 aromatic carbocycles. The first-order valence-corrected chi connectivity index (χ1v) is 9.21. The SMILES string of the molecule is CSc1ccc(-c2[nH]nc(C=O)c2CC2CCCCC2)cc1. The highest BCUT2D eigenvalue weighted by Gasteiger charge is 2.20. The quantitative estimate of drug-likeness (QED) is 0.641. The first-order chi connectivity index (χ1) is 10.8. The van der Waals surface area contributed by atoms with Gasteiger partial charge in [-0.05, 0) is 36.3 Å². The number of aromatic amines is 1. The van der Waals surface area contributed by atoms with Crippen LogP contribution in [-0.4, -0.2) is 22.7 Å². The van der Waals surface area contributed by atoms with Crippen LogP contribution in [0.3, 0.4) is 0 Å². The molecule has 2 aromatic rings. The second kappa shape index (κ2) is 7.14. The molecule has 0 aliphatic heterocycles. The van der Waals surface area contributed by atoms with E-state index in [2.05, 4.69) is 40.7 Å². The van der Waals surface area contributed by atoms with Gasteiger partial charge in [-0.15, -0.1) is 11.8 Å². The van der Waals surface area contributed by atoms with Gasteiger partial charge in [-0.25, -0.2) is 0 Å². The van der Waals surface area contributed by atoms with E-state index in [0.717, 1.165) is 29.5 Å². The van der Waals surface area contributed by atoms with Gasteiger partial charge < -0.3 is 0 Å². The van der Waals surface area contributed by atoms with Crippen molar-refractivity contribution in [3.05, 3.63) is 35.5 Å². The van der Waals surface area contributed by atoms with Crippen LogP contribution in [0.2, 0.25) is 0 Å². The molecular weight excluding hydrogens is 292 g/mol. The van der Waals surface area contributed by atoms with Gasteiger partial charge in [0, 0.05) is 10.5 Å². The molecule has 1 fully saturated rings. The highest BCUT2D eigenvalue weighted by atomic mass is 32.2. The summed E-state index contributed by atoms with van der Waals surface area (Å²) in [6.45, 7) is 0. The minimum Gasteiger partial charge on any atom is -0.296 e. The van der Waals surface area contributed by atoms with E-state index < -0.39 is 0 Å². The smallest absolute Gasteiger partial charge is 0.170 e. The Labute approximate surface area is 135 Å².